The summed E-state index contributed by atoms with van der Waals surface area (Å²) in [6, 6.07) is 28.0. The van der Waals surface area contributed by atoms with Gasteiger partial charge in [0.15, 0.2) is 21.5 Å². The lowest BCUT2D eigenvalue weighted by Gasteiger charge is -2.30. The van der Waals surface area contributed by atoms with Gasteiger partial charge in [-0.05, 0) is 53.6 Å². The van der Waals surface area contributed by atoms with Crippen LogP contribution in [0.25, 0.3) is 0 Å². The molecule has 0 aromatic heterocycles. The zero-order valence-electron chi connectivity index (χ0n) is 25.2. The number of rotatable bonds is 13. The molecular formula is C35H33F3N2O6S. The molecule has 2 atom stereocenters. The highest BCUT2D eigenvalue weighted by molar-refractivity contribution is 7.91. The van der Waals surface area contributed by atoms with Crippen LogP contribution in [0.5, 0.6) is 5.75 Å². The minimum atomic E-state index is -4.65. The Labute approximate surface area is 270 Å². The fraction of sp³-hybridized carbons (Fsp3) is 0.257. The van der Waals surface area contributed by atoms with Gasteiger partial charge in [-0.3, -0.25) is 4.79 Å². The standard InChI is InChI=1S/C35H33F3N2O6S/c36-35(37,38)30-15-8-7-12-27(30)24-39-33(42)34(20-23-47(43,44)29-13-5-2-6-14-29)31(25-10-3-1-4-11-25)46-32(40-34)26-16-18-28(19-17-26)45-22-9-21-41/h1-8,10-19,31,41H,9,20-24H2,(H,39,42)/t31-,34-/m1/s1. The van der Waals surface area contributed by atoms with Crippen molar-refractivity contribution in [2.45, 2.75) is 42.1 Å². The molecule has 246 valence electrons. The average molecular weight is 667 g/mol. The summed E-state index contributed by atoms with van der Waals surface area (Å²) in [5, 5.41) is 11.6. The van der Waals surface area contributed by atoms with Gasteiger partial charge in [-0.1, -0.05) is 66.7 Å². The van der Waals surface area contributed by atoms with Crippen molar-refractivity contribution in [3.05, 3.63) is 131 Å². The quantitative estimate of drug-likeness (QED) is 0.172. The van der Waals surface area contributed by atoms with Crippen LogP contribution in [-0.4, -0.2) is 49.8 Å². The monoisotopic (exact) mass is 666 g/mol. The van der Waals surface area contributed by atoms with Gasteiger partial charge in [-0.15, -0.1) is 0 Å². The second-order valence-corrected chi connectivity index (χ2v) is 13.0. The normalized spacial score (nSPS) is 17.9. The minimum Gasteiger partial charge on any atom is -0.494 e. The van der Waals surface area contributed by atoms with Crippen molar-refractivity contribution < 1.29 is 41.0 Å². The third kappa shape index (κ3) is 7.83. The molecule has 0 bridgehead atoms. The first-order chi connectivity index (χ1) is 22.5. The zero-order chi connectivity index (χ0) is 33.5. The van der Waals surface area contributed by atoms with Crippen molar-refractivity contribution in [2.24, 2.45) is 4.99 Å². The third-order valence-corrected chi connectivity index (χ3v) is 9.48. The molecule has 1 amide bonds. The Kier molecular flexibility index (Phi) is 10.3. The van der Waals surface area contributed by atoms with Crippen LogP contribution in [0.2, 0.25) is 0 Å². The molecule has 1 aliphatic heterocycles. The number of alkyl halides is 3. The number of nitrogens with zero attached hydrogens (tertiary/aromatic N) is 1. The number of carbonyl (C=O) groups is 1. The lowest BCUT2D eigenvalue weighted by molar-refractivity contribution is -0.138. The Morgan fingerprint density at radius 2 is 1.55 bits per heavy atom. The summed E-state index contributed by atoms with van der Waals surface area (Å²) >= 11 is 0. The van der Waals surface area contributed by atoms with Crippen molar-refractivity contribution in [3.8, 4) is 5.75 Å². The molecule has 0 saturated heterocycles. The summed E-state index contributed by atoms with van der Waals surface area (Å²) < 4.78 is 80.1. The van der Waals surface area contributed by atoms with E-state index >= 15 is 0 Å². The van der Waals surface area contributed by atoms with Crippen LogP contribution in [0, 0.1) is 0 Å². The minimum absolute atomic E-state index is 0.0183. The van der Waals surface area contributed by atoms with Gasteiger partial charge in [0.25, 0.3) is 5.91 Å². The molecule has 4 aromatic carbocycles. The highest BCUT2D eigenvalue weighted by atomic mass is 32.2. The summed E-state index contributed by atoms with van der Waals surface area (Å²) in [5.74, 6) is -0.694. The summed E-state index contributed by atoms with van der Waals surface area (Å²) in [6.07, 6.45) is -5.64. The SMILES string of the molecule is O=C(NCc1ccccc1C(F)(F)F)[C@]1(CCS(=O)(=O)c2ccccc2)N=C(c2ccc(OCCCO)cc2)O[C@@H]1c1ccccc1. The number of aliphatic hydroxyl groups excluding tert-OH is 1. The number of halogens is 3. The number of hydrogen-bond donors (Lipinski definition) is 2. The van der Waals surface area contributed by atoms with Crippen molar-refractivity contribution >= 4 is 21.6 Å². The molecule has 0 saturated carbocycles. The van der Waals surface area contributed by atoms with Crippen molar-refractivity contribution in [3.63, 3.8) is 0 Å². The van der Waals surface area contributed by atoms with Gasteiger partial charge >= 0.3 is 6.18 Å². The van der Waals surface area contributed by atoms with Gasteiger partial charge in [0.1, 0.15) is 5.75 Å². The van der Waals surface area contributed by atoms with E-state index in [0.717, 1.165) is 6.07 Å². The average Bonchev–Trinajstić information content (AvgIpc) is 3.48. The van der Waals surface area contributed by atoms with E-state index in [1.165, 1.54) is 30.3 Å². The second-order valence-electron chi connectivity index (χ2n) is 10.9. The number of carbonyl (C=O) groups excluding carboxylic acids is 1. The number of ether oxygens (including phenoxy) is 2. The van der Waals surface area contributed by atoms with Crippen LogP contribution in [-0.2, 0) is 32.1 Å². The van der Waals surface area contributed by atoms with E-state index in [-0.39, 0.29) is 29.4 Å². The maximum absolute atomic E-state index is 14.3. The fourth-order valence-corrected chi connectivity index (χ4v) is 6.70. The Bertz CT molecular complexity index is 1800. The maximum Gasteiger partial charge on any atom is 0.416 e. The predicted octanol–water partition coefficient (Wildman–Crippen LogP) is 5.90. The third-order valence-electron chi connectivity index (χ3n) is 7.75. The molecule has 0 unspecified atom stereocenters. The van der Waals surface area contributed by atoms with E-state index in [0.29, 0.717) is 29.9 Å². The van der Waals surface area contributed by atoms with Crippen LogP contribution < -0.4 is 10.1 Å². The van der Waals surface area contributed by atoms with E-state index < -0.39 is 51.4 Å². The van der Waals surface area contributed by atoms with E-state index in [9.17, 15) is 26.4 Å². The highest BCUT2D eigenvalue weighted by Crippen LogP contribution is 2.43. The molecule has 0 radical (unpaired) electrons. The predicted molar refractivity (Wildman–Crippen MR) is 170 cm³/mol. The first kappa shape index (κ1) is 33.7. The van der Waals surface area contributed by atoms with Gasteiger partial charge in [0.2, 0.25) is 5.90 Å². The topological polar surface area (TPSA) is 114 Å². The Hall–Kier alpha value is -4.68. The van der Waals surface area contributed by atoms with Crippen molar-refractivity contribution in [1.29, 1.82) is 0 Å². The molecule has 4 aromatic rings. The smallest absolute Gasteiger partial charge is 0.416 e. The lowest BCUT2D eigenvalue weighted by Crippen LogP contribution is -2.49. The Morgan fingerprint density at radius 1 is 0.915 bits per heavy atom. The van der Waals surface area contributed by atoms with Gasteiger partial charge in [0.05, 0.1) is 22.8 Å². The summed E-state index contributed by atoms with van der Waals surface area (Å²) in [5.41, 5.74) is -1.92. The van der Waals surface area contributed by atoms with E-state index in [2.05, 4.69) is 5.32 Å². The zero-order valence-corrected chi connectivity index (χ0v) is 26.0. The van der Waals surface area contributed by atoms with Crippen LogP contribution >= 0.6 is 0 Å². The Morgan fingerprint density at radius 3 is 2.21 bits per heavy atom. The number of sulfone groups is 1. The van der Waals surface area contributed by atoms with Crippen LogP contribution in [0.3, 0.4) is 0 Å². The number of hydrogen-bond acceptors (Lipinski definition) is 7. The van der Waals surface area contributed by atoms with Gasteiger partial charge < -0.3 is 19.9 Å². The van der Waals surface area contributed by atoms with E-state index in [1.54, 1.807) is 72.8 Å². The van der Waals surface area contributed by atoms with Gasteiger partial charge in [-0.2, -0.15) is 13.2 Å². The van der Waals surface area contributed by atoms with Crippen LogP contribution in [0.15, 0.2) is 119 Å². The molecule has 0 spiro atoms. The summed E-state index contributed by atoms with van der Waals surface area (Å²) in [4.78, 5) is 19.1. The largest absolute Gasteiger partial charge is 0.494 e. The summed E-state index contributed by atoms with van der Waals surface area (Å²) in [7, 11) is -3.90. The van der Waals surface area contributed by atoms with Crippen molar-refractivity contribution in [2.75, 3.05) is 19.0 Å². The van der Waals surface area contributed by atoms with Crippen molar-refractivity contribution in [1.82, 2.24) is 5.32 Å². The first-order valence-electron chi connectivity index (χ1n) is 14.9. The summed E-state index contributed by atoms with van der Waals surface area (Å²) in [6.45, 7) is -0.191. The first-order valence-corrected chi connectivity index (χ1v) is 16.6. The molecular weight excluding hydrogens is 633 g/mol. The molecule has 5 rings (SSSR count). The molecule has 0 aliphatic carbocycles. The Balaban J connectivity index is 1.55. The molecule has 2 N–H and O–H groups in total. The number of nitrogens with one attached hydrogen (secondary N) is 1. The molecule has 1 heterocycles. The molecule has 1 aliphatic rings. The molecule has 0 fully saturated rings. The molecule has 12 heteroatoms. The van der Waals surface area contributed by atoms with E-state index in [1.807, 2.05) is 0 Å². The lowest BCUT2D eigenvalue weighted by atomic mass is 9.85. The van der Waals surface area contributed by atoms with Gasteiger partial charge in [0, 0.05) is 31.6 Å². The number of aliphatic hydroxyl groups is 1. The number of benzene rings is 4. The van der Waals surface area contributed by atoms with Crippen LogP contribution in [0.1, 0.15) is 41.2 Å². The second kappa shape index (κ2) is 14.4. The van der Waals surface area contributed by atoms with Crippen LogP contribution in [0.4, 0.5) is 13.2 Å². The fourth-order valence-electron chi connectivity index (χ4n) is 5.31. The maximum atomic E-state index is 14.3. The molecule has 47 heavy (non-hydrogen) atoms. The highest BCUT2D eigenvalue weighted by Gasteiger charge is 2.53. The van der Waals surface area contributed by atoms with E-state index in [4.69, 9.17) is 19.6 Å². The molecule has 8 nitrogen and oxygen atoms in total. The number of amides is 1. The number of aliphatic imine (C=N–C) groups is 1. The van der Waals surface area contributed by atoms with Gasteiger partial charge in [-0.25, -0.2) is 13.4 Å².